The maximum atomic E-state index is 12.7. The van der Waals surface area contributed by atoms with Crippen LogP contribution in [0, 0.1) is 5.92 Å². The minimum atomic E-state index is -0.416. The van der Waals surface area contributed by atoms with Crippen molar-refractivity contribution in [3.05, 3.63) is 29.8 Å². The van der Waals surface area contributed by atoms with Crippen molar-refractivity contribution in [2.45, 2.75) is 38.8 Å². The summed E-state index contributed by atoms with van der Waals surface area (Å²) in [5.74, 6) is 1.53. The molecule has 0 saturated carbocycles. The predicted molar refractivity (Wildman–Crippen MR) is 99.8 cm³/mol. The summed E-state index contributed by atoms with van der Waals surface area (Å²) < 4.78 is 5.43. The van der Waals surface area contributed by atoms with E-state index in [1.807, 2.05) is 29.2 Å². The Kier molecular flexibility index (Phi) is 6.14. The van der Waals surface area contributed by atoms with Crippen molar-refractivity contribution in [1.29, 1.82) is 0 Å². The van der Waals surface area contributed by atoms with Crippen LogP contribution in [-0.2, 0) is 16.1 Å². The summed E-state index contributed by atoms with van der Waals surface area (Å²) in [5.41, 5.74) is 1.04. The summed E-state index contributed by atoms with van der Waals surface area (Å²) in [6.07, 6.45) is 2.34. The first kappa shape index (κ1) is 18.7. The average molecular weight is 359 g/mol. The zero-order valence-corrected chi connectivity index (χ0v) is 15.7. The Bertz CT molecular complexity index is 641. The second-order valence-electron chi connectivity index (χ2n) is 7.36. The lowest BCUT2D eigenvalue weighted by atomic mass is 9.98. The van der Waals surface area contributed by atoms with E-state index in [2.05, 4.69) is 17.1 Å². The second kappa shape index (κ2) is 8.54. The molecule has 1 aromatic rings. The van der Waals surface area contributed by atoms with Gasteiger partial charge >= 0.3 is 0 Å². The van der Waals surface area contributed by atoms with Crippen LogP contribution in [0.3, 0.4) is 0 Å². The molecular formula is C20H29N3O3. The number of carbonyl (C=O) groups is 2. The van der Waals surface area contributed by atoms with E-state index in [0.717, 1.165) is 43.8 Å². The Morgan fingerprint density at radius 1 is 1.23 bits per heavy atom. The molecule has 1 aromatic carbocycles. The fourth-order valence-corrected chi connectivity index (χ4v) is 3.78. The standard InChI is InChI=1S/C20H29N3O3/c1-15-7-10-22(11-8-15)19(24)13-17-20(25)21-9-12-23(17)14-16-5-3-4-6-18(16)26-2/h3-6,15,17H,7-14H2,1-2H3,(H,21,25). The smallest absolute Gasteiger partial charge is 0.237 e. The summed E-state index contributed by atoms with van der Waals surface area (Å²) in [7, 11) is 1.65. The summed E-state index contributed by atoms with van der Waals surface area (Å²) in [5, 5.41) is 2.91. The van der Waals surface area contributed by atoms with Gasteiger partial charge in [0.1, 0.15) is 5.75 Å². The van der Waals surface area contributed by atoms with Crippen LogP contribution in [0.4, 0.5) is 0 Å². The Labute approximate surface area is 155 Å². The molecule has 2 aliphatic heterocycles. The molecular weight excluding hydrogens is 330 g/mol. The molecule has 26 heavy (non-hydrogen) atoms. The zero-order chi connectivity index (χ0) is 18.5. The Morgan fingerprint density at radius 2 is 1.96 bits per heavy atom. The molecule has 0 aromatic heterocycles. The number of hydrogen-bond donors (Lipinski definition) is 1. The molecule has 2 heterocycles. The van der Waals surface area contributed by atoms with Crippen LogP contribution in [0.15, 0.2) is 24.3 Å². The molecule has 3 rings (SSSR count). The SMILES string of the molecule is COc1ccccc1CN1CCNC(=O)C1CC(=O)N1CCC(C)CC1. The molecule has 6 nitrogen and oxygen atoms in total. The first-order chi connectivity index (χ1) is 12.6. The van der Waals surface area contributed by atoms with Gasteiger partial charge in [-0.2, -0.15) is 0 Å². The van der Waals surface area contributed by atoms with Gasteiger partial charge in [-0.3, -0.25) is 14.5 Å². The number of carbonyl (C=O) groups excluding carboxylic acids is 2. The third-order valence-electron chi connectivity index (χ3n) is 5.51. The van der Waals surface area contributed by atoms with Crippen LogP contribution >= 0.6 is 0 Å². The van der Waals surface area contributed by atoms with Crippen molar-refractivity contribution in [2.75, 3.05) is 33.3 Å². The molecule has 142 valence electrons. The number of nitrogens with one attached hydrogen (secondary N) is 1. The van der Waals surface area contributed by atoms with Gasteiger partial charge < -0.3 is 15.0 Å². The summed E-state index contributed by atoms with van der Waals surface area (Å²) >= 11 is 0. The van der Waals surface area contributed by atoms with E-state index in [9.17, 15) is 9.59 Å². The zero-order valence-electron chi connectivity index (χ0n) is 15.7. The Balaban J connectivity index is 1.68. The number of para-hydroxylation sites is 1. The van der Waals surface area contributed by atoms with Gasteiger partial charge in [0, 0.05) is 38.3 Å². The largest absolute Gasteiger partial charge is 0.496 e. The van der Waals surface area contributed by atoms with Crippen molar-refractivity contribution >= 4 is 11.8 Å². The fraction of sp³-hybridized carbons (Fsp3) is 0.600. The second-order valence-corrected chi connectivity index (χ2v) is 7.36. The molecule has 2 fully saturated rings. The van der Waals surface area contributed by atoms with Gasteiger partial charge in [-0.15, -0.1) is 0 Å². The highest BCUT2D eigenvalue weighted by Gasteiger charge is 2.33. The highest BCUT2D eigenvalue weighted by Crippen LogP contribution is 2.23. The number of benzene rings is 1. The number of likely N-dealkylation sites (tertiary alicyclic amines) is 1. The lowest BCUT2D eigenvalue weighted by Crippen LogP contribution is -2.56. The lowest BCUT2D eigenvalue weighted by molar-refractivity contribution is -0.140. The van der Waals surface area contributed by atoms with Crippen LogP contribution in [0.5, 0.6) is 5.75 Å². The average Bonchev–Trinajstić information content (AvgIpc) is 2.65. The van der Waals surface area contributed by atoms with Gasteiger partial charge in [-0.1, -0.05) is 25.1 Å². The number of hydrogen-bond acceptors (Lipinski definition) is 4. The monoisotopic (exact) mass is 359 g/mol. The minimum absolute atomic E-state index is 0.0510. The first-order valence-electron chi connectivity index (χ1n) is 9.50. The summed E-state index contributed by atoms with van der Waals surface area (Å²) in [6.45, 7) is 5.79. The van der Waals surface area contributed by atoms with Gasteiger partial charge in [0.05, 0.1) is 19.6 Å². The van der Waals surface area contributed by atoms with Crippen LogP contribution in [0.2, 0.25) is 0 Å². The van der Waals surface area contributed by atoms with Crippen molar-refractivity contribution in [3.8, 4) is 5.75 Å². The predicted octanol–water partition coefficient (Wildman–Crippen LogP) is 1.64. The number of rotatable bonds is 5. The highest BCUT2D eigenvalue weighted by molar-refractivity contribution is 5.88. The maximum absolute atomic E-state index is 12.7. The molecule has 1 atom stereocenters. The van der Waals surface area contributed by atoms with E-state index in [1.54, 1.807) is 7.11 Å². The van der Waals surface area contributed by atoms with E-state index in [1.165, 1.54) is 0 Å². The van der Waals surface area contributed by atoms with E-state index >= 15 is 0 Å². The Morgan fingerprint density at radius 3 is 2.69 bits per heavy atom. The molecule has 1 unspecified atom stereocenters. The molecule has 0 aliphatic carbocycles. The first-order valence-corrected chi connectivity index (χ1v) is 9.50. The molecule has 2 saturated heterocycles. The summed E-state index contributed by atoms with van der Waals surface area (Å²) in [6, 6.07) is 7.42. The number of amides is 2. The topological polar surface area (TPSA) is 61.9 Å². The number of methoxy groups -OCH3 is 1. The van der Waals surface area contributed by atoms with Crippen LogP contribution in [0.1, 0.15) is 31.7 Å². The minimum Gasteiger partial charge on any atom is -0.496 e. The quantitative estimate of drug-likeness (QED) is 0.868. The highest BCUT2D eigenvalue weighted by atomic mass is 16.5. The molecule has 0 spiro atoms. The van der Waals surface area contributed by atoms with Gasteiger partial charge in [-0.25, -0.2) is 0 Å². The molecule has 2 aliphatic rings. The van der Waals surface area contributed by atoms with Gasteiger partial charge in [-0.05, 0) is 24.8 Å². The van der Waals surface area contributed by atoms with E-state index in [-0.39, 0.29) is 18.2 Å². The van der Waals surface area contributed by atoms with Crippen LogP contribution < -0.4 is 10.1 Å². The number of ether oxygens (including phenoxy) is 1. The lowest BCUT2D eigenvalue weighted by Gasteiger charge is -2.37. The van der Waals surface area contributed by atoms with Crippen molar-refractivity contribution in [1.82, 2.24) is 15.1 Å². The van der Waals surface area contributed by atoms with Crippen molar-refractivity contribution in [3.63, 3.8) is 0 Å². The van der Waals surface area contributed by atoms with Crippen LogP contribution in [0.25, 0.3) is 0 Å². The Hall–Kier alpha value is -2.08. The molecule has 0 radical (unpaired) electrons. The van der Waals surface area contributed by atoms with Gasteiger partial charge in [0.25, 0.3) is 0 Å². The van der Waals surface area contributed by atoms with Crippen molar-refractivity contribution in [2.24, 2.45) is 5.92 Å². The number of nitrogens with zero attached hydrogens (tertiary/aromatic N) is 2. The molecule has 1 N–H and O–H groups in total. The molecule has 6 heteroatoms. The maximum Gasteiger partial charge on any atom is 0.237 e. The third-order valence-corrected chi connectivity index (χ3v) is 5.51. The number of piperidine rings is 1. The fourth-order valence-electron chi connectivity index (χ4n) is 3.78. The van der Waals surface area contributed by atoms with Crippen molar-refractivity contribution < 1.29 is 14.3 Å². The van der Waals surface area contributed by atoms with Crippen LogP contribution in [-0.4, -0.2) is 60.9 Å². The number of piperazine rings is 1. The third kappa shape index (κ3) is 4.36. The van der Waals surface area contributed by atoms with E-state index in [4.69, 9.17) is 4.74 Å². The van der Waals surface area contributed by atoms with Gasteiger partial charge in [0.2, 0.25) is 11.8 Å². The van der Waals surface area contributed by atoms with E-state index < -0.39 is 6.04 Å². The molecule has 2 amide bonds. The summed E-state index contributed by atoms with van der Waals surface area (Å²) in [4.78, 5) is 29.2. The van der Waals surface area contributed by atoms with E-state index in [0.29, 0.717) is 19.0 Å². The normalized spacial score (nSPS) is 22.2. The van der Waals surface area contributed by atoms with Gasteiger partial charge in [0.15, 0.2) is 0 Å². The molecule has 0 bridgehead atoms.